The molecule has 0 saturated carbocycles. The number of hydrogen-bond acceptors (Lipinski definition) is 4. The Hall–Kier alpha value is -2.73. The molecule has 0 radical (unpaired) electrons. The van der Waals surface area contributed by atoms with E-state index in [-0.39, 0.29) is 13.0 Å². The molecule has 0 saturated heterocycles. The molecule has 0 aliphatic carbocycles. The molecule has 0 amide bonds. The molecule has 3 aromatic rings. The van der Waals surface area contributed by atoms with Crippen molar-refractivity contribution in [2.24, 2.45) is 0 Å². The molecule has 3 aromatic heterocycles. The first-order valence-electron chi connectivity index (χ1n) is 8.82. The second kappa shape index (κ2) is 7.66. The zero-order valence-corrected chi connectivity index (χ0v) is 15.1. The fourth-order valence-corrected chi connectivity index (χ4v) is 3.35. The van der Waals surface area contributed by atoms with Crippen LogP contribution in [-0.4, -0.2) is 30.8 Å². The van der Waals surface area contributed by atoms with Crippen LogP contribution in [0.15, 0.2) is 30.6 Å². The van der Waals surface area contributed by atoms with Crippen LogP contribution < -0.4 is 0 Å². The van der Waals surface area contributed by atoms with Crippen LogP contribution in [0.5, 0.6) is 0 Å². The van der Waals surface area contributed by atoms with Gasteiger partial charge in [-0.25, -0.2) is 4.52 Å². The lowest BCUT2D eigenvalue weighted by Gasteiger charge is -2.16. The molecule has 0 aromatic carbocycles. The van der Waals surface area contributed by atoms with Gasteiger partial charge in [-0.05, 0) is 55.5 Å². The number of aliphatic hydroxyl groups is 1. The molecule has 6 nitrogen and oxygen atoms in total. The predicted molar refractivity (Wildman–Crippen MR) is 99.0 cm³/mol. The third kappa shape index (κ3) is 3.46. The van der Waals surface area contributed by atoms with Gasteiger partial charge in [0.2, 0.25) is 0 Å². The SMILES string of the molecule is CCc1ccc2c(-c3cncc(C)c3)c(CCCC(=O)O)c(CO)nn12. The van der Waals surface area contributed by atoms with Gasteiger partial charge in [-0.2, -0.15) is 5.10 Å². The monoisotopic (exact) mass is 353 g/mol. The zero-order chi connectivity index (χ0) is 18.7. The molecule has 0 unspecified atom stereocenters. The van der Waals surface area contributed by atoms with Crippen molar-refractivity contribution >= 4 is 11.5 Å². The summed E-state index contributed by atoms with van der Waals surface area (Å²) in [5.74, 6) is -0.820. The number of rotatable bonds is 7. The quantitative estimate of drug-likeness (QED) is 0.681. The summed E-state index contributed by atoms with van der Waals surface area (Å²) in [4.78, 5) is 15.2. The van der Waals surface area contributed by atoms with E-state index >= 15 is 0 Å². The average Bonchev–Trinajstić information content (AvgIpc) is 3.03. The second-order valence-electron chi connectivity index (χ2n) is 6.43. The van der Waals surface area contributed by atoms with Crippen molar-refractivity contribution in [3.8, 4) is 11.1 Å². The van der Waals surface area contributed by atoms with Crippen molar-refractivity contribution in [2.75, 3.05) is 0 Å². The maximum absolute atomic E-state index is 10.9. The number of carboxylic acid groups (broad SMARTS) is 1. The Morgan fingerprint density at radius 3 is 2.73 bits per heavy atom. The number of aromatic nitrogens is 3. The lowest BCUT2D eigenvalue weighted by molar-refractivity contribution is -0.137. The van der Waals surface area contributed by atoms with Crippen LogP contribution in [0.2, 0.25) is 0 Å². The second-order valence-corrected chi connectivity index (χ2v) is 6.43. The Bertz CT molecular complexity index is 947. The number of aliphatic carboxylic acids is 1. The first-order valence-corrected chi connectivity index (χ1v) is 8.82. The first-order chi connectivity index (χ1) is 12.5. The highest BCUT2D eigenvalue weighted by molar-refractivity contribution is 5.84. The number of hydrogen-bond donors (Lipinski definition) is 2. The highest BCUT2D eigenvalue weighted by atomic mass is 16.4. The number of carboxylic acids is 1. The van der Waals surface area contributed by atoms with Gasteiger partial charge in [0.25, 0.3) is 0 Å². The number of carbonyl (C=O) groups is 1. The summed E-state index contributed by atoms with van der Waals surface area (Å²) < 4.78 is 1.88. The fraction of sp³-hybridized carbons (Fsp3) is 0.350. The van der Waals surface area contributed by atoms with Crippen LogP contribution in [0.3, 0.4) is 0 Å². The van der Waals surface area contributed by atoms with Crippen molar-refractivity contribution in [1.82, 2.24) is 14.6 Å². The Morgan fingerprint density at radius 1 is 1.27 bits per heavy atom. The maximum atomic E-state index is 10.9. The summed E-state index contributed by atoms with van der Waals surface area (Å²) in [5, 5.41) is 23.5. The molecule has 6 heteroatoms. The molecular formula is C20H23N3O3. The van der Waals surface area contributed by atoms with Crippen LogP contribution in [0, 0.1) is 6.92 Å². The van der Waals surface area contributed by atoms with E-state index in [1.165, 1.54) is 0 Å². The predicted octanol–water partition coefficient (Wildman–Crippen LogP) is 3.17. The maximum Gasteiger partial charge on any atom is 0.303 e. The molecule has 136 valence electrons. The average molecular weight is 353 g/mol. The molecule has 0 bridgehead atoms. The van der Waals surface area contributed by atoms with Crippen LogP contribution in [0.4, 0.5) is 0 Å². The van der Waals surface area contributed by atoms with Gasteiger partial charge in [0.15, 0.2) is 0 Å². The van der Waals surface area contributed by atoms with Gasteiger partial charge >= 0.3 is 5.97 Å². The van der Waals surface area contributed by atoms with E-state index in [1.807, 2.05) is 29.8 Å². The fourth-order valence-electron chi connectivity index (χ4n) is 3.35. The highest BCUT2D eigenvalue weighted by Crippen LogP contribution is 2.32. The standard InChI is InChI=1S/C20H23N3O3/c1-3-15-7-8-18-20(14-9-13(2)10-21-11-14)16(5-4-6-19(25)26)17(12-24)22-23(15)18/h7-11,24H,3-6,12H2,1-2H3,(H,25,26). The number of fused-ring (bicyclic) bond motifs is 1. The lowest BCUT2D eigenvalue weighted by atomic mass is 9.95. The van der Waals surface area contributed by atoms with Gasteiger partial charge in [0, 0.05) is 35.6 Å². The number of aliphatic hydroxyl groups excluding tert-OH is 1. The molecule has 3 rings (SSSR count). The van der Waals surface area contributed by atoms with Gasteiger partial charge in [-0.1, -0.05) is 6.92 Å². The summed E-state index contributed by atoms with van der Waals surface area (Å²) in [5.41, 5.74) is 6.48. The lowest BCUT2D eigenvalue weighted by Crippen LogP contribution is -2.09. The minimum atomic E-state index is -0.820. The van der Waals surface area contributed by atoms with E-state index in [2.05, 4.69) is 23.1 Å². The van der Waals surface area contributed by atoms with E-state index < -0.39 is 5.97 Å². The van der Waals surface area contributed by atoms with Crippen molar-refractivity contribution in [1.29, 1.82) is 0 Å². The van der Waals surface area contributed by atoms with Gasteiger partial charge in [-0.3, -0.25) is 9.78 Å². The van der Waals surface area contributed by atoms with Crippen molar-refractivity contribution in [2.45, 2.75) is 46.1 Å². The summed E-state index contributed by atoms with van der Waals surface area (Å²) >= 11 is 0. The van der Waals surface area contributed by atoms with Crippen molar-refractivity contribution in [3.63, 3.8) is 0 Å². The summed E-state index contributed by atoms with van der Waals surface area (Å²) in [7, 11) is 0. The smallest absolute Gasteiger partial charge is 0.303 e. The Morgan fingerprint density at radius 2 is 2.08 bits per heavy atom. The minimum Gasteiger partial charge on any atom is -0.481 e. The normalized spacial score (nSPS) is 11.2. The number of aryl methyl sites for hydroxylation is 2. The van der Waals surface area contributed by atoms with Crippen LogP contribution in [0.1, 0.15) is 42.3 Å². The molecule has 26 heavy (non-hydrogen) atoms. The number of pyridine rings is 1. The molecule has 0 aliphatic rings. The van der Waals surface area contributed by atoms with Crippen LogP contribution in [-0.2, 0) is 24.2 Å². The Balaban J connectivity index is 2.24. The topological polar surface area (TPSA) is 87.7 Å². The third-order valence-electron chi connectivity index (χ3n) is 4.55. The summed E-state index contributed by atoms with van der Waals surface area (Å²) in [6, 6.07) is 6.13. The molecule has 0 atom stereocenters. The molecule has 0 aliphatic heterocycles. The van der Waals surface area contributed by atoms with Crippen molar-refractivity contribution < 1.29 is 15.0 Å². The minimum absolute atomic E-state index is 0.0861. The molecule has 2 N–H and O–H groups in total. The largest absolute Gasteiger partial charge is 0.481 e. The van der Waals surface area contributed by atoms with E-state index in [0.29, 0.717) is 18.5 Å². The highest BCUT2D eigenvalue weighted by Gasteiger charge is 2.18. The molecular weight excluding hydrogens is 330 g/mol. The van der Waals surface area contributed by atoms with Crippen molar-refractivity contribution in [3.05, 3.63) is 53.1 Å². The van der Waals surface area contributed by atoms with Gasteiger partial charge in [0.05, 0.1) is 17.8 Å². The van der Waals surface area contributed by atoms with Gasteiger partial charge in [0.1, 0.15) is 0 Å². The van der Waals surface area contributed by atoms with E-state index in [9.17, 15) is 9.90 Å². The molecule has 0 fully saturated rings. The summed E-state index contributed by atoms with van der Waals surface area (Å²) in [6.07, 6.45) is 5.56. The Labute approximate surface area is 152 Å². The molecule has 0 spiro atoms. The van der Waals surface area contributed by atoms with Crippen LogP contribution in [0.25, 0.3) is 16.6 Å². The van der Waals surface area contributed by atoms with Gasteiger partial charge in [-0.15, -0.1) is 0 Å². The van der Waals surface area contributed by atoms with Crippen LogP contribution >= 0.6 is 0 Å². The van der Waals surface area contributed by atoms with E-state index in [4.69, 9.17) is 5.11 Å². The van der Waals surface area contributed by atoms with E-state index in [0.717, 1.165) is 39.9 Å². The molecule has 3 heterocycles. The first kappa shape index (κ1) is 18.1. The van der Waals surface area contributed by atoms with E-state index in [1.54, 1.807) is 6.20 Å². The zero-order valence-electron chi connectivity index (χ0n) is 15.1. The van der Waals surface area contributed by atoms with Gasteiger partial charge < -0.3 is 10.2 Å². The third-order valence-corrected chi connectivity index (χ3v) is 4.55. The number of nitrogens with zero attached hydrogens (tertiary/aromatic N) is 3. The summed E-state index contributed by atoms with van der Waals surface area (Å²) in [6.45, 7) is 3.87. The Kier molecular flexibility index (Phi) is 5.32.